The van der Waals surface area contributed by atoms with Gasteiger partial charge in [-0.3, -0.25) is 0 Å². The molecule has 168 valence electrons. The minimum absolute atomic E-state index is 0. The minimum Gasteiger partial charge on any atom is -0.550 e. The first-order valence-corrected chi connectivity index (χ1v) is 11.5. The Bertz CT molecular complexity index is 344. The third kappa shape index (κ3) is 33.4. The van der Waals surface area contributed by atoms with Crippen molar-refractivity contribution in [3.05, 3.63) is 0 Å². The zero-order valence-corrected chi connectivity index (χ0v) is 23.2. The number of rotatable bonds is 18. The van der Waals surface area contributed by atoms with E-state index in [1.807, 2.05) is 0 Å². The van der Waals surface area contributed by atoms with Gasteiger partial charge in [-0.1, -0.05) is 65.2 Å². The molecule has 6 heteroatoms. The number of carbonyl (C=O) groups is 2. The second kappa shape index (κ2) is 24.8. The second-order valence-electron chi connectivity index (χ2n) is 8.52. The monoisotopic (exact) mass is 439 g/mol. The Morgan fingerprint density at radius 1 is 0.586 bits per heavy atom. The number of aliphatic carboxylic acids is 2. The van der Waals surface area contributed by atoms with Gasteiger partial charge in [-0.05, 0) is 44.9 Å². The fraction of sp³-hybridized carbons (Fsp3) is 0.913. The average Bonchev–Trinajstić information content (AvgIpc) is 2.61. The summed E-state index contributed by atoms with van der Waals surface area (Å²) < 4.78 is 1.24. The third-order valence-corrected chi connectivity index (χ3v) is 5.00. The molecule has 0 atom stereocenters. The number of carboxylic acid groups (broad SMARTS) is 2. The summed E-state index contributed by atoms with van der Waals surface area (Å²) in [5, 5.41) is 19.3. The molecule has 0 rings (SSSR count). The van der Waals surface area contributed by atoms with E-state index in [2.05, 4.69) is 27.9 Å². The van der Waals surface area contributed by atoms with Crippen LogP contribution in [0.25, 0.3) is 0 Å². The molecule has 0 fully saturated rings. The molecule has 0 aromatic rings. The molecule has 0 saturated heterocycles. The van der Waals surface area contributed by atoms with Crippen molar-refractivity contribution in [2.24, 2.45) is 0 Å². The molecule has 0 aromatic heterocycles. The van der Waals surface area contributed by atoms with Crippen LogP contribution in [0.2, 0.25) is 0 Å². The Morgan fingerprint density at radius 3 is 1.21 bits per heavy atom. The number of unbranched alkanes of at least 4 members (excludes halogenated alkanes) is 10. The summed E-state index contributed by atoms with van der Waals surface area (Å²) in [7, 11) is 4.83. The van der Waals surface area contributed by atoms with Crippen molar-refractivity contribution in [3.63, 3.8) is 0 Å². The number of nitrogens with zero attached hydrogens (tertiary/aromatic N) is 1. The van der Waals surface area contributed by atoms with Gasteiger partial charge in [-0.15, -0.1) is 0 Å². The van der Waals surface area contributed by atoms with Gasteiger partial charge in [0.15, 0.2) is 0 Å². The number of quaternary nitrogens is 1. The van der Waals surface area contributed by atoms with Crippen LogP contribution in [0.1, 0.15) is 110 Å². The second-order valence-corrected chi connectivity index (χ2v) is 8.52. The van der Waals surface area contributed by atoms with Crippen molar-refractivity contribution in [3.8, 4) is 0 Å². The van der Waals surface area contributed by atoms with Crippen molar-refractivity contribution >= 4 is 11.9 Å². The largest absolute Gasteiger partial charge is 1.00 e. The van der Waals surface area contributed by atoms with Gasteiger partial charge in [0.2, 0.25) is 0 Å². The summed E-state index contributed by atoms with van der Waals surface area (Å²) in [5.74, 6) is -2.45. The van der Waals surface area contributed by atoms with Gasteiger partial charge in [0.05, 0.1) is 27.2 Å². The van der Waals surface area contributed by atoms with E-state index in [4.69, 9.17) is 0 Å². The predicted molar refractivity (Wildman–Crippen MR) is 112 cm³/mol. The van der Waals surface area contributed by atoms with Gasteiger partial charge < -0.3 is 24.3 Å². The van der Waals surface area contributed by atoms with Crippen LogP contribution in [0.3, 0.4) is 0 Å². The molecule has 0 unspecified atom stereocenters. The summed E-state index contributed by atoms with van der Waals surface area (Å²) in [6.45, 7) is 7.34. The third-order valence-electron chi connectivity index (χ3n) is 5.00. The maximum Gasteiger partial charge on any atom is 1.00 e. The van der Waals surface area contributed by atoms with Crippen molar-refractivity contribution in [2.45, 2.75) is 110 Å². The van der Waals surface area contributed by atoms with E-state index < -0.39 is 11.9 Å². The van der Waals surface area contributed by atoms with E-state index in [1.165, 1.54) is 94.6 Å². The zero-order valence-electron chi connectivity index (χ0n) is 20.1. The predicted octanol–water partition coefficient (Wildman–Crippen LogP) is 0.444. The van der Waals surface area contributed by atoms with Crippen LogP contribution in [-0.4, -0.2) is 43.6 Å². The first-order valence-electron chi connectivity index (χ1n) is 11.5. The molecule has 0 radical (unpaired) electrons. The minimum atomic E-state index is -1.23. The van der Waals surface area contributed by atoms with Gasteiger partial charge in [-0.25, -0.2) is 0 Å². The summed E-state index contributed by atoms with van der Waals surface area (Å²) in [6.07, 6.45) is 16.8. The molecular weight excluding hydrogens is 393 g/mol. The van der Waals surface area contributed by atoms with Gasteiger partial charge in [0, 0.05) is 11.9 Å². The zero-order chi connectivity index (χ0) is 21.7. The van der Waals surface area contributed by atoms with Crippen molar-refractivity contribution in [1.82, 2.24) is 0 Å². The smallest absolute Gasteiger partial charge is 0.550 e. The quantitative estimate of drug-likeness (QED) is 0.176. The van der Waals surface area contributed by atoms with Crippen molar-refractivity contribution in [1.29, 1.82) is 0 Å². The Morgan fingerprint density at radius 2 is 0.897 bits per heavy atom. The molecule has 0 aliphatic heterocycles. The number of hydrogen-bond donors (Lipinski definition) is 0. The van der Waals surface area contributed by atoms with Crippen LogP contribution in [0.5, 0.6) is 0 Å². The van der Waals surface area contributed by atoms with Gasteiger partial charge in [-0.2, -0.15) is 0 Å². The maximum atomic E-state index is 9.66. The van der Waals surface area contributed by atoms with Crippen LogP contribution in [0, 0.1) is 0 Å². The molecule has 0 N–H and O–H groups in total. The van der Waals surface area contributed by atoms with Gasteiger partial charge in [0.25, 0.3) is 0 Å². The SMILES string of the molecule is CCCCCCCC[N+](C)(C)CCCCCCCC.O=C([O-])CCCC(=O)[O-].[K+]. The molecular formula is C23H46KNO4. The number of carbonyl (C=O) groups excluding carboxylic acids is 2. The topological polar surface area (TPSA) is 80.3 Å². The molecule has 0 bridgehead atoms. The van der Waals surface area contributed by atoms with Crippen molar-refractivity contribution in [2.75, 3.05) is 27.2 Å². The molecule has 0 aliphatic carbocycles. The van der Waals surface area contributed by atoms with Gasteiger partial charge >= 0.3 is 51.4 Å². The Labute approximate surface area is 223 Å². The van der Waals surface area contributed by atoms with Crippen LogP contribution in [-0.2, 0) is 9.59 Å². The molecule has 0 heterocycles. The molecule has 29 heavy (non-hydrogen) atoms. The number of hydrogen-bond acceptors (Lipinski definition) is 4. The Balaban J connectivity index is -0.000000572. The molecule has 0 spiro atoms. The molecule has 0 amide bonds. The fourth-order valence-corrected chi connectivity index (χ4v) is 3.13. The van der Waals surface area contributed by atoms with E-state index in [9.17, 15) is 19.8 Å². The van der Waals surface area contributed by atoms with Crippen LogP contribution < -0.4 is 61.6 Å². The van der Waals surface area contributed by atoms with E-state index >= 15 is 0 Å². The van der Waals surface area contributed by atoms with Crippen LogP contribution >= 0.6 is 0 Å². The van der Waals surface area contributed by atoms with E-state index in [0.717, 1.165) is 0 Å². The molecule has 0 aliphatic rings. The normalized spacial score (nSPS) is 10.6. The Kier molecular flexibility index (Phi) is 29.2. The summed E-state index contributed by atoms with van der Waals surface area (Å²) in [6, 6.07) is 0. The van der Waals surface area contributed by atoms with E-state index in [0.29, 0.717) is 0 Å². The standard InChI is InChI=1S/C18H40N.C5H8O4.K/c1-5-7-9-11-13-15-17-19(3,4)18-16-14-12-10-8-6-2;6-4(7)2-1-3-5(8)9;/h5-18H2,1-4H3;1-3H2,(H,6,7)(H,8,9);/q+1;;+1/p-2. The van der Waals surface area contributed by atoms with E-state index in [-0.39, 0.29) is 70.6 Å². The fourth-order valence-electron chi connectivity index (χ4n) is 3.13. The van der Waals surface area contributed by atoms with Gasteiger partial charge in [0.1, 0.15) is 0 Å². The van der Waals surface area contributed by atoms with Crippen LogP contribution in [0.4, 0.5) is 0 Å². The molecule has 0 saturated carbocycles. The molecule has 0 aromatic carbocycles. The summed E-state index contributed by atoms with van der Waals surface area (Å²) in [5.41, 5.74) is 0. The average molecular weight is 440 g/mol. The summed E-state index contributed by atoms with van der Waals surface area (Å²) in [4.78, 5) is 19.3. The van der Waals surface area contributed by atoms with Crippen LogP contribution in [0.15, 0.2) is 0 Å². The van der Waals surface area contributed by atoms with E-state index in [1.54, 1.807) is 0 Å². The van der Waals surface area contributed by atoms with Crippen molar-refractivity contribution < 1.29 is 75.7 Å². The summed E-state index contributed by atoms with van der Waals surface area (Å²) >= 11 is 0. The first kappa shape index (κ1) is 34.2. The number of carboxylic acids is 2. The molecule has 5 nitrogen and oxygen atoms in total. The maximum absolute atomic E-state index is 9.66. The Hall–Kier alpha value is 0.536. The first-order chi connectivity index (χ1) is 13.2.